The van der Waals surface area contributed by atoms with Gasteiger partial charge < -0.3 is 20.3 Å². The number of likely N-dealkylation sites (N-methyl/N-ethyl adjacent to an activating group) is 1. The summed E-state index contributed by atoms with van der Waals surface area (Å²) in [4.78, 5) is 11.4. The van der Waals surface area contributed by atoms with Crippen molar-refractivity contribution >= 4 is 17.2 Å². The van der Waals surface area contributed by atoms with Crippen LogP contribution in [0.25, 0.3) is 5.70 Å². The molecule has 2 N–H and O–H groups in total. The lowest BCUT2D eigenvalue weighted by Gasteiger charge is -2.34. The summed E-state index contributed by atoms with van der Waals surface area (Å²) in [5.74, 6) is 0.566. The highest BCUT2D eigenvalue weighted by Crippen LogP contribution is 2.24. The fraction of sp³-hybridized carbons (Fsp3) is 0.368. The van der Waals surface area contributed by atoms with Crippen LogP contribution < -0.4 is 10.6 Å². The monoisotopic (exact) mass is 355 g/mol. The zero-order valence-corrected chi connectivity index (χ0v) is 14.7. The van der Waals surface area contributed by atoms with Crippen LogP contribution in [0.5, 0.6) is 0 Å². The Morgan fingerprint density at radius 2 is 2.19 bits per heavy atom. The number of morpholine rings is 1. The molecule has 0 bridgehead atoms. The van der Waals surface area contributed by atoms with Gasteiger partial charge in [-0.1, -0.05) is 0 Å². The van der Waals surface area contributed by atoms with Crippen LogP contribution in [-0.4, -0.2) is 61.9 Å². The zero-order chi connectivity index (χ0) is 17.9. The van der Waals surface area contributed by atoms with Crippen molar-refractivity contribution in [1.82, 2.24) is 15.5 Å². The van der Waals surface area contributed by atoms with Crippen molar-refractivity contribution in [2.75, 3.05) is 33.3 Å². The van der Waals surface area contributed by atoms with Crippen molar-refractivity contribution in [1.29, 1.82) is 0 Å². The Labute approximate surface area is 152 Å². The molecule has 26 heavy (non-hydrogen) atoms. The molecule has 0 spiro atoms. The van der Waals surface area contributed by atoms with Gasteiger partial charge in [-0.3, -0.25) is 4.99 Å². The molecule has 0 saturated carbocycles. The number of ether oxygens (including phenoxy) is 1. The average Bonchev–Trinajstić information content (AvgIpc) is 2.67. The quantitative estimate of drug-likeness (QED) is 0.860. The van der Waals surface area contributed by atoms with Crippen LogP contribution in [0.3, 0.4) is 0 Å². The molecule has 3 heterocycles. The SMILES string of the molecule is CN1C=CN=C2C=C(c3ccc(F)cc3)N=C(NC[C@@H]3CNCCO3)C21. The molecule has 1 aromatic carbocycles. The molecule has 1 fully saturated rings. The molecule has 3 aliphatic heterocycles. The molecule has 4 rings (SSSR count). The fourth-order valence-electron chi connectivity index (χ4n) is 3.28. The van der Waals surface area contributed by atoms with Gasteiger partial charge in [0.2, 0.25) is 0 Å². The normalized spacial score (nSPS) is 25.2. The van der Waals surface area contributed by atoms with Crippen LogP contribution in [0.2, 0.25) is 0 Å². The van der Waals surface area contributed by atoms with Crippen LogP contribution in [0.15, 0.2) is 52.7 Å². The van der Waals surface area contributed by atoms with E-state index in [1.54, 1.807) is 18.3 Å². The summed E-state index contributed by atoms with van der Waals surface area (Å²) in [7, 11) is 2.00. The minimum atomic E-state index is -0.259. The number of amidine groups is 1. The number of halogens is 1. The third kappa shape index (κ3) is 3.54. The van der Waals surface area contributed by atoms with E-state index in [4.69, 9.17) is 9.73 Å². The summed E-state index contributed by atoms with van der Waals surface area (Å²) in [6.45, 7) is 3.10. The van der Waals surface area contributed by atoms with Crippen molar-refractivity contribution in [2.24, 2.45) is 9.98 Å². The Morgan fingerprint density at radius 3 is 2.96 bits per heavy atom. The Bertz CT molecular complexity index is 778. The number of nitrogens with one attached hydrogen (secondary N) is 2. The van der Waals surface area contributed by atoms with Crippen molar-refractivity contribution in [3.05, 3.63) is 54.1 Å². The van der Waals surface area contributed by atoms with Crippen molar-refractivity contribution in [2.45, 2.75) is 12.1 Å². The van der Waals surface area contributed by atoms with Crippen LogP contribution in [-0.2, 0) is 4.74 Å². The highest BCUT2D eigenvalue weighted by atomic mass is 19.1. The molecule has 0 aromatic heterocycles. The van der Waals surface area contributed by atoms with E-state index in [-0.39, 0.29) is 18.0 Å². The number of nitrogens with zero attached hydrogens (tertiary/aromatic N) is 3. The smallest absolute Gasteiger partial charge is 0.131 e. The predicted octanol–water partition coefficient (Wildman–Crippen LogP) is 1.38. The van der Waals surface area contributed by atoms with Gasteiger partial charge >= 0.3 is 0 Å². The molecule has 0 amide bonds. The highest BCUT2D eigenvalue weighted by molar-refractivity contribution is 6.21. The van der Waals surface area contributed by atoms with Crippen LogP contribution in [0.1, 0.15) is 5.56 Å². The Hall–Kier alpha value is -2.51. The van der Waals surface area contributed by atoms with Gasteiger partial charge in [-0.2, -0.15) is 0 Å². The summed E-state index contributed by atoms with van der Waals surface area (Å²) in [6, 6.07) is 6.31. The number of rotatable bonds is 3. The molecule has 6 nitrogen and oxygen atoms in total. The third-order valence-electron chi connectivity index (χ3n) is 4.65. The summed E-state index contributed by atoms with van der Waals surface area (Å²) in [5.41, 5.74) is 2.54. The molecule has 2 atom stereocenters. The predicted molar refractivity (Wildman–Crippen MR) is 101 cm³/mol. The third-order valence-corrected chi connectivity index (χ3v) is 4.65. The first-order valence-corrected chi connectivity index (χ1v) is 8.79. The zero-order valence-electron chi connectivity index (χ0n) is 14.7. The summed E-state index contributed by atoms with van der Waals surface area (Å²) in [5, 5.41) is 6.78. The van der Waals surface area contributed by atoms with Crippen LogP contribution in [0.4, 0.5) is 4.39 Å². The molecule has 1 unspecified atom stereocenters. The second-order valence-electron chi connectivity index (χ2n) is 6.53. The molecular weight excluding hydrogens is 333 g/mol. The second-order valence-corrected chi connectivity index (χ2v) is 6.53. The summed E-state index contributed by atoms with van der Waals surface area (Å²) < 4.78 is 19.0. The van der Waals surface area contributed by atoms with Crippen molar-refractivity contribution in [3.63, 3.8) is 0 Å². The summed E-state index contributed by atoms with van der Waals surface area (Å²) >= 11 is 0. The van der Waals surface area contributed by atoms with Gasteiger partial charge in [-0.05, 0) is 30.3 Å². The standard InChI is InChI=1S/C19H22FN5O/c1-25-8-6-22-17-10-16(13-2-4-14(20)5-3-13)24-19(18(17)25)23-12-15-11-21-7-9-26-15/h2-6,8,10,15,18,21H,7,9,11-12H2,1H3,(H,23,24)/t15-,18?/m0/s1. The van der Waals surface area contributed by atoms with E-state index in [0.717, 1.165) is 42.5 Å². The first kappa shape index (κ1) is 16.9. The maximum Gasteiger partial charge on any atom is 0.131 e. The van der Waals surface area contributed by atoms with Gasteiger partial charge in [0.25, 0.3) is 0 Å². The lowest BCUT2D eigenvalue weighted by Crippen LogP contribution is -2.53. The van der Waals surface area contributed by atoms with Crippen LogP contribution >= 0.6 is 0 Å². The van der Waals surface area contributed by atoms with E-state index < -0.39 is 0 Å². The number of fused-ring (bicyclic) bond motifs is 1. The van der Waals surface area contributed by atoms with Gasteiger partial charge in [0, 0.05) is 44.6 Å². The second kappa shape index (κ2) is 7.39. The summed E-state index contributed by atoms with van der Waals surface area (Å²) in [6.07, 6.45) is 5.78. The number of benzene rings is 1. The number of aliphatic imine (C=N–C) groups is 2. The van der Waals surface area contributed by atoms with Crippen molar-refractivity contribution in [3.8, 4) is 0 Å². The topological polar surface area (TPSA) is 61.2 Å². The number of hydrogen-bond acceptors (Lipinski definition) is 6. The van der Waals surface area contributed by atoms with Gasteiger partial charge in [0.1, 0.15) is 17.7 Å². The van der Waals surface area contributed by atoms with Gasteiger partial charge in [0.15, 0.2) is 0 Å². The molecule has 1 saturated heterocycles. The van der Waals surface area contributed by atoms with E-state index in [2.05, 4.69) is 20.5 Å². The molecule has 7 heteroatoms. The van der Waals surface area contributed by atoms with Gasteiger partial charge in [-0.25, -0.2) is 9.38 Å². The molecule has 1 aromatic rings. The van der Waals surface area contributed by atoms with E-state index in [9.17, 15) is 4.39 Å². The van der Waals surface area contributed by atoms with Gasteiger partial charge in [0.05, 0.1) is 24.1 Å². The Balaban J connectivity index is 1.60. The maximum atomic E-state index is 13.3. The lowest BCUT2D eigenvalue weighted by atomic mass is 10.0. The first-order valence-electron chi connectivity index (χ1n) is 8.79. The molecule has 136 valence electrons. The van der Waals surface area contributed by atoms with E-state index in [0.29, 0.717) is 6.54 Å². The lowest BCUT2D eigenvalue weighted by molar-refractivity contribution is 0.0318. The number of hydrogen-bond donors (Lipinski definition) is 2. The molecule has 3 aliphatic rings. The minimum Gasteiger partial charge on any atom is -0.374 e. The highest BCUT2D eigenvalue weighted by Gasteiger charge is 2.30. The van der Waals surface area contributed by atoms with E-state index >= 15 is 0 Å². The largest absolute Gasteiger partial charge is 0.374 e. The van der Waals surface area contributed by atoms with Crippen LogP contribution in [0, 0.1) is 5.82 Å². The van der Waals surface area contributed by atoms with Gasteiger partial charge in [-0.15, -0.1) is 0 Å². The minimum absolute atomic E-state index is 0.0549. The van der Waals surface area contributed by atoms with E-state index in [1.165, 1.54) is 12.1 Å². The molecule has 0 aliphatic carbocycles. The maximum absolute atomic E-state index is 13.3. The Morgan fingerprint density at radius 1 is 1.35 bits per heavy atom. The molecular formula is C19H22FN5O. The molecule has 0 radical (unpaired) electrons. The Kier molecular flexibility index (Phi) is 4.81. The average molecular weight is 355 g/mol. The van der Waals surface area contributed by atoms with E-state index in [1.807, 2.05) is 19.3 Å². The van der Waals surface area contributed by atoms with Crippen molar-refractivity contribution < 1.29 is 9.13 Å². The fourth-order valence-corrected chi connectivity index (χ4v) is 3.28. The first-order chi connectivity index (χ1) is 12.7.